The first-order valence-electron chi connectivity index (χ1n) is 9.93. The average molecular weight is 459 g/mol. The average Bonchev–Trinajstić information content (AvgIpc) is 2.76. The number of carbonyl (C=O) groups excluding carboxylic acids is 3. The lowest BCUT2D eigenvalue weighted by molar-refractivity contribution is -0.672. The number of rotatable bonds is 9. The van der Waals surface area contributed by atoms with Gasteiger partial charge in [0.2, 0.25) is 12.1 Å². The van der Waals surface area contributed by atoms with E-state index in [0.29, 0.717) is 47.8 Å². The van der Waals surface area contributed by atoms with Gasteiger partial charge in [0.05, 0.1) is 17.9 Å². The van der Waals surface area contributed by atoms with Crippen LogP contribution < -0.4 is 15.4 Å². The van der Waals surface area contributed by atoms with Gasteiger partial charge in [-0.25, -0.2) is 4.79 Å². The zero-order chi connectivity index (χ0) is 23.1. The number of fused-ring (bicyclic) bond motifs is 1. The Morgan fingerprint density at radius 3 is 2.78 bits per heavy atom. The fourth-order valence-electron chi connectivity index (χ4n) is 3.14. The van der Waals surface area contributed by atoms with Crippen molar-refractivity contribution in [2.75, 3.05) is 17.2 Å². The molecule has 10 heteroatoms. The number of carbonyl (C=O) groups is 3. The summed E-state index contributed by atoms with van der Waals surface area (Å²) >= 11 is 3.90. The second kappa shape index (κ2) is 10.7. The minimum Gasteiger partial charge on any atom is -0.494 e. The van der Waals surface area contributed by atoms with E-state index in [1.165, 1.54) is 18.6 Å². The van der Waals surface area contributed by atoms with Crippen LogP contribution in [0.25, 0.3) is 0 Å². The number of cyclic esters (lactones) is 1. The Hall–Kier alpha value is -3.53. The van der Waals surface area contributed by atoms with E-state index in [2.05, 4.69) is 23.5 Å². The normalized spacial score (nSPS) is 12.8. The molecule has 0 fully saturated rings. The Labute approximate surface area is 190 Å². The van der Waals surface area contributed by atoms with Crippen molar-refractivity contribution in [2.45, 2.75) is 33.3 Å². The van der Waals surface area contributed by atoms with Gasteiger partial charge in [0, 0.05) is 35.4 Å². The number of anilines is 2. The van der Waals surface area contributed by atoms with Crippen molar-refractivity contribution in [2.24, 2.45) is 0 Å². The quantitative estimate of drug-likeness (QED) is 0.0986. The molecule has 0 saturated carbocycles. The van der Waals surface area contributed by atoms with Gasteiger partial charge in [-0.1, -0.05) is 0 Å². The van der Waals surface area contributed by atoms with E-state index >= 15 is 0 Å². The number of ketones is 1. The molecule has 0 aromatic heterocycles. The zero-order valence-corrected chi connectivity index (χ0v) is 18.6. The zero-order valence-electron chi connectivity index (χ0n) is 17.7. The molecule has 2 aromatic carbocycles. The highest BCUT2D eigenvalue weighted by molar-refractivity contribution is 7.74. The number of ether oxygens (including phenoxy) is 2. The van der Waals surface area contributed by atoms with E-state index in [-0.39, 0.29) is 18.3 Å². The van der Waals surface area contributed by atoms with Crippen LogP contribution in [0.1, 0.15) is 42.6 Å². The number of hydrogen-bond donors (Lipinski definition) is 3. The molecule has 0 spiro atoms. The third-order valence-corrected chi connectivity index (χ3v) is 4.78. The van der Waals surface area contributed by atoms with Crippen LogP contribution in [0.2, 0.25) is 0 Å². The first-order valence-corrected chi connectivity index (χ1v) is 10.3. The molecule has 32 heavy (non-hydrogen) atoms. The van der Waals surface area contributed by atoms with Gasteiger partial charge in [-0.05, 0) is 43.7 Å². The highest BCUT2D eigenvalue weighted by atomic mass is 32.1. The van der Waals surface area contributed by atoms with Gasteiger partial charge < -0.3 is 14.8 Å². The number of unbranched alkanes of at least 4 members (excludes halogenated alkanes) is 1. The summed E-state index contributed by atoms with van der Waals surface area (Å²) in [6.45, 7) is 3.50. The van der Waals surface area contributed by atoms with Crippen molar-refractivity contribution >= 4 is 54.0 Å². The maximum absolute atomic E-state index is 12.1. The minimum absolute atomic E-state index is 0.174. The van der Waals surface area contributed by atoms with Gasteiger partial charge in [-0.3, -0.25) is 14.9 Å². The van der Waals surface area contributed by atoms with Crippen molar-refractivity contribution in [1.29, 1.82) is 0 Å². The summed E-state index contributed by atoms with van der Waals surface area (Å²) in [5.74, 6) is 0.280. The van der Waals surface area contributed by atoms with Gasteiger partial charge in [-0.15, -0.1) is 0 Å². The van der Waals surface area contributed by atoms with Gasteiger partial charge >= 0.3 is 6.09 Å². The van der Waals surface area contributed by atoms with Crippen LogP contribution in [0.4, 0.5) is 21.9 Å². The molecule has 0 bridgehead atoms. The fraction of sp³-hybridized carbons (Fsp3) is 0.273. The second-order valence-corrected chi connectivity index (χ2v) is 7.23. The molecule has 168 valence electrons. The summed E-state index contributed by atoms with van der Waals surface area (Å²) in [7, 11) is 0. The molecule has 2 aromatic rings. The molecule has 1 aliphatic heterocycles. The van der Waals surface area contributed by atoms with Gasteiger partial charge in [-0.2, -0.15) is 4.28 Å². The van der Waals surface area contributed by atoms with Crippen molar-refractivity contribution < 1.29 is 32.9 Å². The number of benzene rings is 2. The highest BCUT2D eigenvalue weighted by Crippen LogP contribution is 2.27. The smallest absolute Gasteiger partial charge is 0.411 e. The molecule has 9 nitrogen and oxygen atoms in total. The SMILES string of the molecule is CC(=O)Nc1ccc([N+](=CCCCOc2ccc3c(c2)COC(=O)N3)OS)c(C(C)=O)c1. The monoisotopic (exact) mass is 458 g/mol. The predicted octanol–water partition coefficient (Wildman–Crippen LogP) is 4.26. The molecular formula is C22H24N3O6S+. The number of amides is 2. The van der Waals surface area contributed by atoms with Crippen LogP contribution in [-0.2, 0) is 20.4 Å². The van der Waals surface area contributed by atoms with Gasteiger partial charge in [0.25, 0.3) is 5.69 Å². The summed E-state index contributed by atoms with van der Waals surface area (Å²) in [6, 6.07) is 10.4. The highest BCUT2D eigenvalue weighted by Gasteiger charge is 2.21. The molecule has 0 unspecified atom stereocenters. The lowest BCUT2D eigenvalue weighted by Crippen LogP contribution is -2.20. The molecule has 0 saturated heterocycles. The summed E-state index contributed by atoms with van der Waals surface area (Å²) in [6.07, 6.45) is 2.56. The largest absolute Gasteiger partial charge is 0.494 e. The van der Waals surface area contributed by atoms with Crippen molar-refractivity contribution in [3.8, 4) is 5.75 Å². The summed E-state index contributed by atoms with van der Waals surface area (Å²) < 4.78 is 17.3. The van der Waals surface area contributed by atoms with Crippen molar-refractivity contribution in [1.82, 2.24) is 0 Å². The number of nitrogens with one attached hydrogen (secondary N) is 2. The predicted molar refractivity (Wildman–Crippen MR) is 122 cm³/mol. The third-order valence-electron chi connectivity index (χ3n) is 4.61. The summed E-state index contributed by atoms with van der Waals surface area (Å²) in [4.78, 5) is 34.6. The van der Waals surface area contributed by atoms with E-state index in [1.54, 1.807) is 36.5 Å². The molecule has 0 aliphatic carbocycles. The van der Waals surface area contributed by atoms with E-state index in [0.717, 1.165) is 5.56 Å². The molecule has 2 N–H and O–H groups in total. The molecule has 0 atom stereocenters. The number of nitrogens with zero attached hydrogens (tertiary/aromatic N) is 1. The molecule has 3 rings (SSSR count). The molecule has 1 heterocycles. The first kappa shape index (κ1) is 23.1. The topological polar surface area (TPSA) is 106 Å². The lowest BCUT2D eigenvalue weighted by Gasteiger charge is -2.18. The Morgan fingerprint density at radius 1 is 1.25 bits per heavy atom. The Bertz CT molecular complexity index is 1070. The Morgan fingerprint density at radius 2 is 2.06 bits per heavy atom. The van der Waals surface area contributed by atoms with Crippen LogP contribution in [0.15, 0.2) is 36.4 Å². The molecule has 0 radical (unpaired) electrons. The Balaban J connectivity index is 1.60. The van der Waals surface area contributed by atoms with E-state index in [9.17, 15) is 14.4 Å². The van der Waals surface area contributed by atoms with Gasteiger partial charge in [0.15, 0.2) is 5.78 Å². The summed E-state index contributed by atoms with van der Waals surface area (Å²) in [5, 5.41) is 5.29. The van der Waals surface area contributed by atoms with Crippen LogP contribution >= 0.6 is 12.9 Å². The molecule has 1 aliphatic rings. The fourth-order valence-corrected chi connectivity index (χ4v) is 3.29. The van der Waals surface area contributed by atoms with E-state index in [1.807, 2.05) is 6.07 Å². The van der Waals surface area contributed by atoms with Gasteiger partial charge in [0.1, 0.15) is 25.3 Å². The Kier molecular flexibility index (Phi) is 7.72. The minimum atomic E-state index is -0.463. The van der Waals surface area contributed by atoms with Crippen molar-refractivity contribution in [3.05, 3.63) is 47.5 Å². The molecule has 2 amide bonds. The molecular weight excluding hydrogens is 434 g/mol. The van der Waals surface area contributed by atoms with Crippen LogP contribution in [0.5, 0.6) is 5.75 Å². The van der Waals surface area contributed by atoms with Crippen molar-refractivity contribution in [3.63, 3.8) is 0 Å². The maximum atomic E-state index is 12.1. The summed E-state index contributed by atoms with van der Waals surface area (Å²) in [5.41, 5.74) is 2.99. The second-order valence-electron chi connectivity index (χ2n) is 7.07. The number of hydrogen-bond acceptors (Lipinski definition) is 7. The van der Waals surface area contributed by atoms with Crippen LogP contribution in [0, 0.1) is 0 Å². The first-order chi connectivity index (χ1) is 15.4. The standard InChI is InChI=1S/C22H23N3O6S/c1-14(26)19-12-17(23-15(2)27)5-8-21(19)25(31-32)9-3-4-10-29-18-6-7-20-16(11-18)13-30-22(28)24-20/h5-9,11-12H,3-4,10,13H2,1-2H3,(H2-,23,24,27,28,32)/p+1. The number of thiol groups is 1. The van der Waals surface area contributed by atoms with Crippen LogP contribution in [-0.4, -0.2) is 35.3 Å². The maximum Gasteiger partial charge on any atom is 0.411 e. The van der Waals surface area contributed by atoms with E-state index in [4.69, 9.17) is 13.8 Å². The lowest BCUT2D eigenvalue weighted by atomic mass is 10.1. The van der Waals surface area contributed by atoms with E-state index < -0.39 is 6.09 Å². The van der Waals surface area contributed by atoms with Crippen LogP contribution in [0.3, 0.4) is 0 Å². The third kappa shape index (κ3) is 6.01. The number of Topliss-reactive ketones (excluding diaryl/α,β-unsaturated/α-hetero) is 1.